The molecule has 0 aliphatic rings. The minimum atomic E-state index is -0.130. The van der Waals surface area contributed by atoms with Crippen molar-refractivity contribution >= 4 is 33.6 Å². The van der Waals surface area contributed by atoms with Crippen LogP contribution in [0.25, 0.3) is 11.5 Å². The minimum absolute atomic E-state index is 0.130. The van der Waals surface area contributed by atoms with Gasteiger partial charge in [0.1, 0.15) is 5.76 Å². The lowest BCUT2D eigenvalue weighted by molar-refractivity contribution is -0.118. The Labute approximate surface area is 144 Å². The van der Waals surface area contributed by atoms with E-state index < -0.39 is 0 Å². The average Bonchev–Trinajstić information content (AvgIpc) is 3.23. The molecule has 0 spiro atoms. The van der Waals surface area contributed by atoms with Gasteiger partial charge in [-0.25, -0.2) is 0 Å². The molecule has 1 amide bonds. The summed E-state index contributed by atoms with van der Waals surface area (Å²) in [6, 6.07) is 11.1. The predicted molar refractivity (Wildman–Crippen MR) is 88.7 cm³/mol. The van der Waals surface area contributed by atoms with Crippen LogP contribution in [-0.2, 0) is 11.3 Å². The number of hydrogen-bond donors (Lipinski definition) is 1. The smallest absolute Gasteiger partial charge is 0.277 e. The molecule has 0 saturated carbocycles. The third-order valence-corrected chi connectivity index (χ3v) is 4.21. The van der Waals surface area contributed by atoms with Crippen molar-refractivity contribution in [3.8, 4) is 11.5 Å². The Balaban J connectivity index is 1.50. The summed E-state index contributed by atoms with van der Waals surface area (Å²) in [4.78, 5) is 11.8. The maximum absolute atomic E-state index is 11.8. The number of amides is 1. The van der Waals surface area contributed by atoms with Crippen molar-refractivity contribution in [2.75, 3.05) is 5.75 Å². The highest BCUT2D eigenvalue weighted by molar-refractivity contribution is 9.10. The largest absolute Gasteiger partial charge is 0.467 e. The summed E-state index contributed by atoms with van der Waals surface area (Å²) in [5, 5.41) is 11.0. The van der Waals surface area contributed by atoms with Crippen LogP contribution < -0.4 is 5.32 Å². The molecule has 1 aromatic carbocycles. The molecule has 0 bridgehead atoms. The Kier molecular flexibility index (Phi) is 5.14. The SMILES string of the molecule is O=C(CSc1nnc(-c2ccc(Br)cc2)o1)NCc1ccco1. The molecule has 2 aromatic heterocycles. The van der Waals surface area contributed by atoms with Gasteiger partial charge in [0.15, 0.2) is 0 Å². The zero-order valence-corrected chi connectivity index (χ0v) is 14.3. The molecule has 8 heteroatoms. The summed E-state index contributed by atoms with van der Waals surface area (Å²) in [6.07, 6.45) is 1.57. The summed E-state index contributed by atoms with van der Waals surface area (Å²) in [5.74, 6) is 1.20. The first-order valence-electron chi connectivity index (χ1n) is 6.72. The van der Waals surface area contributed by atoms with Crippen molar-refractivity contribution in [2.24, 2.45) is 0 Å². The van der Waals surface area contributed by atoms with Crippen molar-refractivity contribution in [1.82, 2.24) is 15.5 Å². The lowest BCUT2D eigenvalue weighted by Gasteiger charge is -2.01. The molecule has 118 valence electrons. The van der Waals surface area contributed by atoms with Crippen molar-refractivity contribution in [1.29, 1.82) is 0 Å². The Bertz CT molecular complexity index is 772. The fraction of sp³-hybridized carbons (Fsp3) is 0.133. The number of aromatic nitrogens is 2. The first-order chi connectivity index (χ1) is 11.2. The first-order valence-corrected chi connectivity index (χ1v) is 8.50. The molecule has 6 nitrogen and oxygen atoms in total. The van der Waals surface area contributed by atoms with Crippen LogP contribution in [-0.4, -0.2) is 21.9 Å². The van der Waals surface area contributed by atoms with E-state index in [0.29, 0.717) is 23.4 Å². The molecule has 3 aromatic rings. The van der Waals surface area contributed by atoms with Gasteiger partial charge in [0.05, 0.1) is 18.6 Å². The Morgan fingerprint density at radius 2 is 2.04 bits per heavy atom. The Morgan fingerprint density at radius 3 is 2.78 bits per heavy atom. The summed E-state index contributed by atoms with van der Waals surface area (Å²) in [7, 11) is 0. The summed E-state index contributed by atoms with van der Waals surface area (Å²) >= 11 is 4.56. The number of hydrogen-bond acceptors (Lipinski definition) is 6. The quantitative estimate of drug-likeness (QED) is 0.645. The summed E-state index contributed by atoms with van der Waals surface area (Å²) in [6.45, 7) is 0.361. The van der Waals surface area contributed by atoms with Gasteiger partial charge in [0, 0.05) is 10.0 Å². The van der Waals surface area contributed by atoms with E-state index >= 15 is 0 Å². The number of furan rings is 1. The summed E-state index contributed by atoms with van der Waals surface area (Å²) < 4.78 is 11.7. The van der Waals surface area contributed by atoms with Gasteiger partial charge in [0.2, 0.25) is 11.8 Å². The molecular weight excluding hydrogens is 382 g/mol. The van der Waals surface area contributed by atoms with Crippen LogP contribution in [0.2, 0.25) is 0 Å². The molecule has 0 aliphatic carbocycles. The second-order valence-electron chi connectivity index (χ2n) is 4.52. The van der Waals surface area contributed by atoms with Crippen LogP contribution in [0, 0.1) is 0 Å². The van der Waals surface area contributed by atoms with Crippen LogP contribution in [0.3, 0.4) is 0 Å². The number of rotatable bonds is 6. The van der Waals surface area contributed by atoms with Gasteiger partial charge in [-0.1, -0.05) is 27.7 Å². The zero-order chi connectivity index (χ0) is 16.1. The number of carbonyl (C=O) groups excluding carboxylic acids is 1. The molecule has 1 N–H and O–H groups in total. The molecule has 2 heterocycles. The Morgan fingerprint density at radius 1 is 1.22 bits per heavy atom. The number of benzene rings is 1. The molecule has 0 fully saturated rings. The molecule has 23 heavy (non-hydrogen) atoms. The average molecular weight is 394 g/mol. The number of thioether (sulfide) groups is 1. The van der Waals surface area contributed by atoms with Gasteiger partial charge < -0.3 is 14.2 Å². The fourth-order valence-electron chi connectivity index (χ4n) is 1.75. The molecule has 3 rings (SSSR count). The predicted octanol–water partition coefficient (Wildman–Crippen LogP) is 3.50. The monoisotopic (exact) mass is 393 g/mol. The van der Waals surface area contributed by atoms with Crippen molar-refractivity contribution in [2.45, 2.75) is 11.8 Å². The number of nitrogens with zero attached hydrogens (tertiary/aromatic N) is 2. The number of carbonyl (C=O) groups is 1. The van der Waals surface area contributed by atoms with Crippen molar-refractivity contribution in [3.63, 3.8) is 0 Å². The maximum atomic E-state index is 11.8. The zero-order valence-electron chi connectivity index (χ0n) is 11.9. The lowest BCUT2D eigenvalue weighted by atomic mass is 10.2. The van der Waals surface area contributed by atoms with E-state index in [1.54, 1.807) is 18.4 Å². The van der Waals surface area contributed by atoms with Gasteiger partial charge in [0.25, 0.3) is 5.22 Å². The molecule has 0 radical (unpaired) electrons. The van der Waals surface area contributed by atoms with Crippen LogP contribution >= 0.6 is 27.7 Å². The molecular formula is C15H12BrN3O3S. The molecule has 0 atom stereocenters. The van der Waals surface area contributed by atoms with Gasteiger partial charge in [-0.05, 0) is 36.4 Å². The van der Waals surface area contributed by atoms with Crippen LogP contribution in [0.15, 0.2) is 61.2 Å². The van der Waals surface area contributed by atoms with E-state index in [-0.39, 0.29) is 11.7 Å². The van der Waals surface area contributed by atoms with E-state index in [1.165, 1.54) is 11.8 Å². The van der Waals surface area contributed by atoms with Gasteiger partial charge in [-0.2, -0.15) is 0 Å². The summed E-state index contributed by atoms with van der Waals surface area (Å²) in [5.41, 5.74) is 0.829. The highest BCUT2D eigenvalue weighted by atomic mass is 79.9. The number of nitrogens with one attached hydrogen (secondary N) is 1. The van der Waals surface area contributed by atoms with Crippen molar-refractivity contribution < 1.29 is 13.6 Å². The lowest BCUT2D eigenvalue weighted by Crippen LogP contribution is -2.24. The third-order valence-electron chi connectivity index (χ3n) is 2.86. The molecule has 0 saturated heterocycles. The van der Waals surface area contributed by atoms with E-state index in [0.717, 1.165) is 10.0 Å². The molecule has 0 unspecified atom stereocenters. The topological polar surface area (TPSA) is 81.2 Å². The second-order valence-corrected chi connectivity index (χ2v) is 6.37. The standard InChI is InChI=1S/C15H12BrN3O3S/c16-11-5-3-10(4-6-11)14-18-19-15(22-14)23-9-13(20)17-8-12-2-1-7-21-12/h1-7H,8-9H2,(H,17,20). The second kappa shape index (κ2) is 7.47. The van der Waals surface area contributed by atoms with Gasteiger partial charge in [-0.15, -0.1) is 10.2 Å². The van der Waals surface area contributed by atoms with E-state index in [4.69, 9.17) is 8.83 Å². The third kappa shape index (κ3) is 4.46. The number of halogens is 1. The van der Waals surface area contributed by atoms with E-state index in [1.807, 2.05) is 24.3 Å². The molecule has 0 aliphatic heterocycles. The van der Waals surface area contributed by atoms with Crippen LogP contribution in [0.4, 0.5) is 0 Å². The van der Waals surface area contributed by atoms with Crippen molar-refractivity contribution in [3.05, 3.63) is 52.9 Å². The highest BCUT2D eigenvalue weighted by Gasteiger charge is 2.11. The van der Waals surface area contributed by atoms with E-state index in [9.17, 15) is 4.79 Å². The van der Waals surface area contributed by atoms with Gasteiger partial charge in [-0.3, -0.25) is 4.79 Å². The maximum Gasteiger partial charge on any atom is 0.277 e. The fourth-order valence-corrected chi connectivity index (χ4v) is 2.61. The normalized spacial score (nSPS) is 10.7. The first kappa shape index (κ1) is 15.8. The Hall–Kier alpha value is -2.06. The highest BCUT2D eigenvalue weighted by Crippen LogP contribution is 2.24. The van der Waals surface area contributed by atoms with Crippen LogP contribution in [0.5, 0.6) is 0 Å². The minimum Gasteiger partial charge on any atom is -0.467 e. The van der Waals surface area contributed by atoms with Gasteiger partial charge >= 0.3 is 0 Å². The van der Waals surface area contributed by atoms with Crippen LogP contribution in [0.1, 0.15) is 5.76 Å². The van der Waals surface area contributed by atoms with E-state index in [2.05, 4.69) is 31.4 Å².